The van der Waals surface area contributed by atoms with E-state index in [1.165, 1.54) is 0 Å². The third kappa shape index (κ3) is 8.10. The molecule has 1 aromatic carbocycles. The van der Waals surface area contributed by atoms with Gasteiger partial charge in [-0.3, -0.25) is 4.79 Å². The molecule has 0 aromatic heterocycles. The van der Waals surface area contributed by atoms with Crippen LogP contribution < -0.4 is 20.5 Å². The fraction of sp³-hybridized carbons (Fsp3) is 0.562. The van der Waals surface area contributed by atoms with Gasteiger partial charge in [0.2, 0.25) is 0 Å². The SMILES string of the molecule is CCOc1ccc(OCC(=O)NC(CN)CC(C)C)cc1.Cl. The number of hydrogen-bond acceptors (Lipinski definition) is 4. The number of nitrogens with one attached hydrogen (secondary N) is 1. The van der Waals surface area contributed by atoms with Crippen molar-refractivity contribution in [1.82, 2.24) is 5.32 Å². The van der Waals surface area contributed by atoms with Crippen LogP contribution in [0.5, 0.6) is 11.5 Å². The molecule has 0 aliphatic heterocycles. The van der Waals surface area contributed by atoms with Crippen LogP contribution in [0.4, 0.5) is 0 Å². The Morgan fingerprint density at radius 2 is 1.73 bits per heavy atom. The second-order valence-electron chi connectivity index (χ2n) is 5.32. The number of hydrogen-bond donors (Lipinski definition) is 2. The molecule has 0 radical (unpaired) electrons. The number of carbonyl (C=O) groups is 1. The zero-order valence-corrected chi connectivity index (χ0v) is 14.3. The van der Waals surface area contributed by atoms with Crippen LogP contribution in [0, 0.1) is 5.92 Å². The Balaban J connectivity index is 0.00000441. The molecule has 5 nitrogen and oxygen atoms in total. The minimum Gasteiger partial charge on any atom is -0.494 e. The predicted octanol–water partition coefficient (Wildman–Crippen LogP) is 2.38. The lowest BCUT2D eigenvalue weighted by atomic mass is 10.0. The lowest BCUT2D eigenvalue weighted by Gasteiger charge is -2.18. The molecule has 0 fully saturated rings. The van der Waals surface area contributed by atoms with Crippen LogP contribution in [-0.2, 0) is 4.79 Å². The molecule has 1 atom stereocenters. The van der Waals surface area contributed by atoms with Crippen molar-refractivity contribution in [3.63, 3.8) is 0 Å². The van der Waals surface area contributed by atoms with Crippen molar-refractivity contribution in [2.75, 3.05) is 19.8 Å². The number of rotatable bonds is 9. The Morgan fingerprint density at radius 1 is 1.18 bits per heavy atom. The van der Waals surface area contributed by atoms with Crippen LogP contribution in [0.25, 0.3) is 0 Å². The molecule has 0 heterocycles. The van der Waals surface area contributed by atoms with Crippen molar-refractivity contribution in [2.45, 2.75) is 33.2 Å². The predicted molar refractivity (Wildman–Crippen MR) is 90.8 cm³/mol. The maximum atomic E-state index is 11.8. The lowest BCUT2D eigenvalue weighted by Crippen LogP contribution is -2.43. The summed E-state index contributed by atoms with van der Waals surface area (Å²) in [6.07, 6.45) is 0.866. The molecular weight excluding hydrogens is 304 g/mol. The summed E-state index contributed by atoms with van der Waals surface area (Å²) in [5, 5.41) is 2.89. The smallest absolute Gasteiger partial charge is 0.258 e. The van der Waals surface area contributed by atoms with E-state index in [1.807, 2.05) is 19.1 Å². The molecule has 0 saturated heterocycles. The summed E-state index contributed by atoms with van der Waals surface area (Å²) in [6, 6.07) is 7.21. The van der Waals surface area contributed by atoms with Gasteiger partial charge in [-0.05, 0) is 43.5 Å². The highest BCUT2D eigenvalue weighted by Crippen LogP contribution is 2.17. The first kappa shape index (κ1) is 20.5. The highest BCUT2D eigenvalue weighted by atomic mass is 35.5. The average molecular weight is 331 g/mol. The highest BCUT2D eigenvalue weighted by molar-refractivity contribution is 5.85. The molecule has 0 aliphatic rings. The molecule has 0 saturated carbocycles. The summed E-state index contributed by atoms with van der Waals surface area (Å²) >= 11 is 0. The standard InChI is InChI=1S/C16H26N2O3.ClH/c1-4-20-14-5-7-15(8-6-14)21-11-16(19)18-13(10-17)9-12(2)3;/h5-8,12-13H,4,9-11,17H2,1-3H3,(H,18,19);1H. The van der Waals surface area contributed by atoms with E-state index >= 15 is 0 Å². The monoisotopic (exact) mass is 330 g/mol. The Bertz CT molecular complexity index is 424. The van der Waals surface area contributed by atoms with Crippen molar-refractivity contribution in [3.05, 3.63) is 24.3 Å². The summed E-state index contributed by atoms with van der Waals surface area (Å²) in [7, 11) is 0. The Morgan fingerprint density at radius 3 is 2.18 bits per heavy atom. The summed E-state index contributed by atoms with van der Waals surface area (Å²) < 4.78 is 10.8. The van der Waals surface area contributed by atoms with E-state index < -0.39 is 0 Å². The van der Waals surface area contributed by atoms with Gasteiger partial charge in [-0.2, -0.15) is 0 Å². The second-order valence-corrected chi connectivity index (χ2v) is 5.32. The first-order chi connectivity index (χ1) is 10.0. The first-order valence-corrected chi connectivity index (χ1v) is 7.40. The van der Waals surface area contributed by atoms with Crippen LogP contribution in [0.3, 0.4) is 0 Å². The van der Waals surface area contributed by atoms with Crippen LogP contribution in [0.2, 0.25) is 0 Å². The van der Waals surface area contributed by atoms with Crippen molar-refractivity contribution in [2.24, 2.45) is 11.7 Å². The summed E-state index contributed by atoms with van der Waals surface area (Å²) in [6.45, 7) is 7.19. The van der Waals surface area contributed by atoms with Crippen molar-refractivity contribution in [3.8, 4) is 11.5 Å². The molecule has 1 aromatic rings. The van der Waals surface area contributed by atoms with Gasteiger partial charge in [0, 0.05) is 12.6 Å². The molecule has 0 aliphatic carbocycles. The number of nitrogens with two attached hydrogens (primary N) is 1. The molecule has 1 unspecified atom stereocenters. The van der Waals surface area contributed by atoms with Gasteiger partial charge in [-0.25, -0.2) is 0 Å². The summed E-state index contributed by atoms with van der Waals surface area (Å²) in [4.78, 5) is 11.8. The van der Waals surface area contributed by atoms with Gasteiger partial charge in [0.25, 0.3) is 5.91 Å². The lowest BCUT2D eigenvalue weighted by molar-refractivity contribution is -0.123. The van der Waals surface area contributed by atoms with Crippen molar-refractivity contribution >= 4 is 18.3 Å². The zero-order valence-electron chi connectivity index (χ0n) is 13.5. The van der Waals surface area contributed by atoms with E-state index in [0.29, 0.717) is 24.8 Å². The Hall–Kier alpha value is -1.46. The fourth-order valence-electron chi connectivity index (χ4n) is 2.00. The highest BCUT2D eigenvalue weighted by Gasteiger charge is 2.12. The third-order valence-electron chi connectivity index (χ3n) is 2.91. The number of halogens is 1. The van der Waals surface area contributed by atoms with Crippen LogP contribution in [0.15, 0.2) is 24.3 Å². The third-order valence-corrected chi connectivity index (χ3v) is 2.91. The summed E-state index contributed by atoms with van der Waals surface area (Å²) in [5.41, 5.74) is 5.65. The topological polar surface area (TPSA) is 73.6 Å². The molecule has 3 N–H and O–H groups in total. The molecule has 0 spiro atoms. The second kappa shape index (κ2) is 11.2. The number of benzene rings is 1. The summed E-state index contributed by atoms with van der Waals surface area (Å²) in [5.74, 6) is 1.77. The van der Waals surface area contributed by atoms with Crippen LogP contribution >= 0.6 is 12.4 Å². The van der Waals surface area contributed by atoms with Gasteiger partial charge in [-0.1, -0.05) is 13.8 Å². The van der Waals surface area contributed by atoms with Crippen molar-refractivity contribution < 1.29 is 14.3 Å². The molecular formula is C16H27ClN2O3. The quantitative estimate of drug-likeness (QED) is 0.729. The van der Waals surface area contributed by atoms with E-state index in [2.05, 4.69) is 19.2 Å². The van der Waals surface area contributed by atoms with Crippen LogP contribution in [-0.4, -0.2) is 31.7 Å². The van der Waals surface area contributed by atoms with Gasteiger partial charge < -0.3 is 20.5 Å². The van der Waals surface area contributed by atoms with Gasteiger partial charge in [-0.15, -0.1) is 12.4 Å². The van der Waals surface area contributed by atoms with Gasteiger partial charge in [0.1, 0.15) is 11.5 Å². The Labute approximate surface area is 139 Å². The minimum atomic E-state index is -0.153. The van der Waals surface area contributed by atoms with Crippen molar-refractivity contribution in [1.29, 1.82) is 0 Å². The number of ether oxygens (including phenoxy) is 2. The van der Waals surface area contributed by atoms with Gasteiger partial charge in [0.15, 0.2) is 6.61 Å². The zero-order chi connectivity index (χ0) is 15.7. The van der Waals surface area contributed by atoms with Crippen LogP contribution in [0.1, 0.15) is 27.2 Å². The van der Waals surface area contributed by atoms with E-state index in [-0.39, 0.29) is 31.0 Å². The van der Waals surface area contributed by atoms with E-state index in [9.17, 15) is 4.79 Å². The number of amides is 1. The van der Waals surface area contributed by atoms with E-state index in [0.717, 1.165) is 12.2 Å². The first-order valence-electron chi connectivity index (χ1n) is 7.40. The number of carbonyl (C=O) groups excluding carboxylic acids is 1. The molecule has 1 amide bonds. The molecule has 22 heavy (non-hydrogen) atoms. The normalized spacial score (nSPS) is 11.5. The largest absolute Gasteiger partial charge is 0.494 e. The molecule has 1 rings (SSSR count). The van der Waals surface area contributed by atoms with E-state index in [1.54, 1.807) is 12.1 Å². The Kier molecular flexibility index (Phi) is 10.4. The maximum Gasteiger partial charge on any atom is 0.258 e. The molecule has 126 valence electrons. The minimum absolute atomic E-state index is 0. The van der Waals surface area contributed by atoms with Gasteiger partial charge in [0.05, 0.1) is 6.61 Å². The molecule has 0 bridgehead atoms. The maximum absolute atomic E-state index is 11.8. The average Bonchev–Trinajstić information content (AvgIpc) is 2.45. The van der Waals surface area contributed by atoms with E-state index in [4.69, 9.17) is 15.2 Å². The fourth-order valence-corrected chi connectivity index (χ4v) is 2.00. The molecule has 6 heteroatoms. The van der Waals surface area contributed by atoms with Gasteiger partial charge >= 0.3 is 0 Å².